The summed E-state index contributed by atoms with van der Waals surface area (Å²) in [6, 6.07) is 18.4. The summed E-state index contributed by atoms with van der Waals surface area (Å²) in [4.78, 5) is 44.1. The predicted molar refractivity (Wildman–Crippen MR) is 110 cm³/mol. The number of nitrogens with zero attached hydrogens (tertiary/aromatic N) is 3. The minimum atomic E-state index is -0.567. The van der Waals surface area contributed by atoms with Crippen LogP contribution < -0.4 is 16.6 Å². The van der Waals surface area contributed by atoms with Gasteiger partial charge in [-0.25, -0.2) is 9.78 Å². The number of para-hydroxylation sites is 1. The fourth-order valence-electron chi connectivity index (χ4n) is 3.18. The van der Waals surface area contributed by atoms with Crippen molar-refractivity contribution < 1.29 is 4.79 Å². The van der Waals surface area contributed by atoms with Gasteiger partial charge in [-0.15, -0.1) is 0 Å². The molecule has 4 aromatic rings. The molecule has 0 unspecified atom stereocenters. The third-order valence-corrected chi connectivity index (χ3v) is 4.71. The predicted octanol–water partition coefficient (Wildman–Crippen LogP) is 1.92. The Kier molecular flexibility index (Phi) is 4.82. The third-order valence-electron chi connectivity index (χ3n) is 4.71. The molecule has 8 heteroatoms. The molecule has 0 saturated heterocycles. The smallest absolute Gasteiger partial charge is 0.329 e. The van der Waals surface area contributed by atoms with Crippen molar-refractivity contribution in [3.63, 3.8) is 0 Å². The molecule has 0 aliphatic rings. The molecule has 2 aromatic carbocycles. The fourth-order valence-corrected chi connectivity index (χ4v) is 3.18. The lowest BCUT2D eigenvalue weighted by atomic mass is 10.1. The average Bonchev–Trinajstić information content (AvgIpc) is 3.11. The molecule has 0 fully saturated rings. The van der Waals surface area contributed by atoms with Crippen molar-refractivity contribution >= 4 is 22.6 Å². The zero-order valence-corrected chi connectivity index (χ0v) is 15.8. The number of Topliss-reactive ketones (excluding diaryl/α,β-unsaturated/α-hetero) is 1. The largest absolute Gasteiger partial charge is 0.378 e. The highest BCUT2D eigenvalue weighted by atomic mass is 16.2. The van der Waals surface area contributed by atoms with Crippen molar-refractivity contribution in [2.45, 2.75) is 13.1 Å². The molecule has 8 nitrogen and oxygen atoms in total. The Morgan fingerprint density at radius 1 is 1.03 bits per heavy atom. The average molecular weight is 389 g/mol. The van der Waals surface area contributed by atoms with Crippen LogP contribution in [-0.4, -0.2) is 24.9 Å². The summed E-state index contributed by atoms with van der Waals surface area (Å²) < 4.78 is 2.84. The Morgan fingerprint density at radius 3 is 2.38 bits per heavy atom. The summed E-state index contributed by atoms with van der Waals surface area (Å²) in [6.45, 7) is 0.224. The van der Waals surface area contributed by atoms with Gasteiger partial charge in [0.2, 0.25) is 0 Å². The van der Waals surface area contributed by atoms with Crippen molar-refractivity contribution in [2.75, 3.05) is 5.32 Å². The first kappa shape index (κ1) is 18.4. The van der Waals surface area contributed by atoms with E-state index < -0.39 is 11.2 Å². The number of hydrogen-bond donors (Lipinski definition) is 2. The topological polar surface area (TPSA) is 102 Å². The molecule has 0 radical (unpaired) electrons. The normalized spacial score (nSPS) is 10.9. The van der Waals surface area contributed by atoms with Crippen molar-refractivity contribution in [2.24, 2.45) is 7.05 Å². The molecule has 0 amide bonds. The van der Waals surface area contributed by atoms with Crippen LogP contribution in [0.3, 0.4) is 0 Å². The lowest BCUT2D eigenvalue weighted by Crippen LogP contribution is -2.29. The number of nitrogens with one attached hydrogen (secondary N) is 2. The third kappa shape index (κ3) is 3.60. The van der Waals surface area contributed by atoms with Crippen molar-refractivity contribution in [1.29, 1.82) is 0 Å². The van der Waals surface area contributed by atoms with Gasteiger partial charge in [0.25, 0.3) is 5.56 Å². The van der Waals surface area contributed by atoms with Gasteiger partial charge in [0.15, 0.2) is 16.9 Å². The molecule has 0 spiro atoms. The number of aryl methyl sites for hydroxylation is 1. The number of carbonyl (C=O) groups is 1. The summed E-state index contributed by atoms with van der Waals surface area (Å²) in [5.74, 6) is 0.332. The molecule has 0 aliphatic heterocycles. The van der Waals surface area contributed by atoms with Crippen molar-refractivity contribution in [1.82, 2.24) is 19.1 Å². The Labute approximate surface area is 165 Å². The number of ketones is 1. The van der Waals surface area contributed by atoms with E-state index >= 15 is 0 Å². The van der Waals surface area contributed by atoms with Gasteiger partial charge in [0.05, 0.1) is 13.1 Å². The second kappa shape index (κ2) is 7.59. The van der Waals surface area contributed by atoms with E-state index in [0.29, 0.717) is 11.4 Å². The van der Waals surface area contributed by atoms with Gasteiger partial charge < -0.3 is 9.88 Å². The van der Waals surface area contributed by atoms with Crippen LogP contribution in [0.15, 0.2) is 70.3 Å². The molecular weight excluding hydrogens is 370 g/mol. The molecular formula is C21H19N5O3. The molecule has 2 heterocycles. The van der Waals surface area contributed by atoms with E-state index in [1.54, 1.807) is 28.8 Å². The zero-order valence-electron chi connectivity index (χ0n) is 15.8. The van der Waals surface area contributed by atoms with Crippen LogP contribution >= 0.6 is 0 Å². The van der Waals surface area contributed by atoms with Crippen LogP contribution in [0.4, 0.5) is 5.69 Å². The molecule has 146 valence electrons. The van der Waals surface area contributed by atoms with Gasteiger partial charge in [0.1, 0.15) is 5.82 Å². The molecule has 2 N–H and O–H groups in total. The van der Waals surface area contributed by atoms with Crippen molar-refractivity contribution in [3.8, 4) is 0 Å². The number of anilines is 1. The fraction of sp³-hybridized carbons (Fsp3) is 0.143. The second-order valence-electron chi connectivity index (χ2n) is 6.61. The minimum absolute atomic E-state index is 0.0619. The van der Waals surface area contributed by atoms with E-state index in [0.717, 1.165) is 5.69 Å². The highest BCUT2D eigenvalue weighted by molar-refractivity contribution is 5.96. The molecule has 4 rings (SSSR count). The summed E-state index contributed by atoms with van der Waals surface area (Å²) >= 11 is 0. The molecule has 0 saturated carbocycles. The molecule has 29 heavy (non-hydrogen) atoms. The van der Waals surface area contributed by atoms with E-state index in [-0.39, 0.29) is 30.0 Å². The van der Waals surface area contributed by atoms with Crippen LogP contribution in [-0.2, 0) is 20.1 Å². The van der Waals surface area contributed by atoms with E-state index in [9.17, 15) is 14.4 Å². The molecule has 0 aliphatic carbocycles. The standard InChI is InChI=1S/C21H19N5O3/c1-25-19-18(20(28)24-21(25)29)26(13-16(27)14-8-4-2-5-9-14)17(23-19)12-22-15-10-6-3-7-11-15/h2-11,22H,12-13H2,1H3,(H,24,28,29). The molecule has 2 aromatic heterocycles. The number of benzene rings is 2. The van der Waals surface area contributed by atoms with E-state index in [2.05, 4.69) is 15.3 Å². The number of hydrogen-bond acceptors (Lipinski definition) is 5. The number of rotatable bonds is 6. The first-order valence-electron chi connectivity index (χ1n) is 9.10. The highest BCUT2D eigenvalue weighted by Gasteiger charge is 2.19. The van der Waals surface area contributed by atoms with Gasteiger partial charge in [-0.05, 0) is 12.1 Å². The van der Waals surface area contributed by atoms with Gasteiger partial charge >= 0.3 is 5.69 Å². The first-order chi connectivity index (χ1) is 14.0. The Bertz CT molecular complexity index is 1290. The van der Waals surface area contributed by atoms with Crippen LogP contribution in [0.2, 0.25) is 0 Å². The second-order valence-corrected chi connectivity index (χ2v) is 6.61. The van der Waals surface area contributed by atoms with Crippen LogP contribution in [0.1, 0.15) is 16.2 Å². The summed E-state index contributed by atoms with van der Waals surface area (Å²) in [5, 5.41) is 3.23. The summed E-state index contributed by atoms with van der Waals surface area (Å²) in [7, 11) is 1.53. The van der Waals surface area contributed by atoms with Crippen LogP contribution in [0.25, 0.3) is 11.2 Å². The minimum Gasteiger partial charge on any atom is -0.378 e. The van der Waals surface area contributed by atoms with Crippen LogP contribution in [0.5, 0.6) is 0 Å². The molecule has 0 bridgehead atoms. The van der Waals surface area contributed by atoms with E-state index in [4.69, 9.17) is 0 Å². The summed E-state index contributed by atoms with van der Waals surface area (Å²) in [5.41, 5.74) is 0.734. The number of H-pyrrole nitrogens is 1. The monoisotopic (exact) mass is 389 g/mol. The maximum atomic E-state index is 12.8. The Balaban J connectivity index is 1.79. The van der Waals surface area contributed by atoms with E-state index in [1.807, 2.05) is 36.4 Å². The van der Waals surface area contributed by atoms with Crippen LogP contribution in [0, 0.1) is 0 Å². The quantitative estimate of drug-likeness (QED) is 0.491. The maximum absolute atomic E-state index is 12.8. The molecule has 0 atom stereocenters. The van der Waals surface area contributed by atoms with E-state index in [1.165, 1.54) is 11.6 Å². The first-order valence-corrected chi connectivity index (χ1v) is 9.10. The van der Waals surface area contributed by atoms with Gasteiger partial charge in [-0.1, -0.05) is 48.5 Å². The van der Waals surface area contributed by atoms with Gasteiger partial charge in [0, 0.05) is 18.3 Å². The Morgan fingerprint density at radius 2 is 1.69 bits per heavy atom. The van der Waals surface area contributed by atoms with Crippen molar-refractivity contribution in [3.05, 3.63) is 92.9 Å². The number of aromatic nitrogens is 4. The van der Waals surface area contributed by atoms with Gasteiger partial charge in [-0.3, -0.25) is 19.1 Å². The number of carbonyl (C=O) groups excluding carboxylic acids is 1. The Hall–Kier alpha value is -3.94. The zero-order chi connectivity index (χ0) is 20.4. The lowest BCUT2D eigenvalue weighted by Gasteiger charge is -2.10. The highest BCUT2D eigenvalue weighted by Crippen LogP contribution is 2.15. The maximum Gasteiger partial charge on any atom is 0.329 e. The lowest BCUT2D eigenvalue weighted by molar-refractivity contribution is 0.0972. The number of fused-ring (bicyclic) bond motifs is 1. The summed E-state index contributed by atoms with van der Waals surface area (Å²) in [6.07, 6.45) is 0. The SMILES string of the molecule is Cn1c(=O)[nH]c(=O)c2c1nc(CNc1ccccc1)n2CC(=O)c1ccccc1. The van der Waals surface area contributed by atoms with Gasteiger partial charge in [-0.2, -0.15) is 0 Å². The number of aromatic amines is 1. The number of imidazole rings is 1.